The maximum Gasteiger partial charge on any atom is 0.319 e. The first-order valence-corrected chi connectivity index (χ1v) is 8.08. The van der Waals surface area contributed by atoms with E-state index in [0.717, 1.165) is 22.6 Å². The summed E-state index contributed by atoms with van der Waals surface area (Å²) < 4.78 is 5.63. The number of anilines is 1. The van der Waals surface area contributed by atoms with E-state index in [9.17, 15) is 9.59 Å². The van der Waals surface area contributed by atoms with E-state index in [1.165, 1.54) is 0 Å². The maximum atomic E-state index is 12.9. The van der Waals surface area contributed by atoms with Gasteiger partial charge < -0.3 is 20.4 Å². The second-order valence-corrected chi connectivity index (χ2v) is 6.29. The van der Waals surface area contributed by atoms with Crippen LogP contribution in [-0.2, 0) is 4.79 Å². The van der Waals surface area contributed by atoms with Crippen LogP contribution in [0, 0.1) is 20.8 Å². The fourth-order valence-electron chi connectivity index (χ4n) is 2.96. The molecule has 0 radical (unpaired) electrons. The van der Waals surface area contributed by atoms with Crippen LogP contribution < -0.4 is 16.0 Å². The molecule has 1 atom stereocenters. The van der Waals surface area contributed by atoms with Gasteiger partial charge in [-0.25, -0.2) is 4.79 Å². The van der Waals surface area contributed by atoms with E-state index in [-0.39, 0.29) is 11.9 Å². The van der Waals surface area contributed by atoms with E-state index in [2.05, 4.69) is 16.0 Å². The first-order valence-electron chi connectivity index (χ1n) is 8.08. The molecule has 3 N–H and O–H groups in total. The van der Waals surface area contributed by atoms with Gasteiger partial charge in [-0.3, -0.25) is 4.79 Å². The average molecular weight is 339 g/mol. The summed E-state index contributed by atoms with van der Waals surface area (Å²) in [6.45, 7) is 7.47. The molecule has 1 aliphatic heterocycles. The molecule has 6 heteroatoms. The Kier molecular flexibility index (Phi) is 4.35. The van der Waals surface area contributed by atoms with Gasteiger partial charge in [-0.05, 0) is 51.5 Å². The molecule has 1 aromatic carbocycles. The number of carbonyl (C=O) groups excluding carboxylic acids is 2. The van der Waals surface area contributed by atoms with Crippen molar-refractivity contribution in [1.82, 2.24) is 10.6 Å². The minimum atomic E-state index is -0.631. The van der Waals surface area contributed by atoms with Crippen molar-refractivity contribution >= 4 is 17.6 Å². The highest BCUT2D eigenvalue weighted by molar-refractivity contribution is 6.07. The van der Waals surface area contributed by atoms with Crippen molar-refractivity contribution in [2.24, 2.45) is 0 Å². The zero-order valence-electron chi connectivity index (χ0n) is 14.7. The highest BCUT2D eigenvalue weighted by atomic mass is 16.3. The summed E-state index contributed by atoms with van der Waals surface area (Å²) in [4.78, 5) is 24.8. The molecule has 0 bridgehead atoms. The third-order valence-corrected chi connectivity index (χ3v) is 4.19. The lowest BCUT2D eigenvalue weighted by Crippen LogP contribution is -2.45. The predicted octanol–water partition coefficient (Wildman–Crippen LogP) is 3.47. The SMILES string of the molecule is CC1=C(C(=O)Nc2ccc(C)cc2C)[C@@H](c2ccc(C)o2)NC(=O)N1. The van der Waals surface area contributed by atoms with E-state index in [1.54, 1.807) is 19.1 Å². The van der Waals surface area contributed by atoms with E-state index >= 15 is 0 Å². The van der Waals surface area contributed by atoms with E-state index < -0.39 is 6.04 Å². The van der Waals surface area contributed by atoms with E-state index in [0.29, 0.717) is 17.0 Å². The Morgan fingerprint density at radius 1 is 1.12 bits per heavy atom. The van der Waals surface area contributed by atoms with Gasteiger partial charge in [0.05, 0.1) is 5.57 Å². The minimum absolute atomic E-state index is 0.281. The zero-order valence-corrected chi connectivity index (χ0v) is 14.7. The molecular weight excluding hydrogens is 318 g/mol. The predicted molar refractivity (Wildman–Crippen MR) is 95.1 cm³/mol. The number of hydrogen-bond donors (Lipinski definition) is 3. The van der Waals surface area contributed by atoms with Gasteiger partial charge in [-0.15, -0.1) is 0 Å². The summed E-state index contributed by atoms with van der Waals surface area (Å²) >= 11 is 0. The van der Waals surface area contributed by atoms with Crippen LogP contribution in [0.3, 0.4) is 0 Å². The molecule has 3 rings (SSSR count). The summed E-state index contributed by atoms with van der Waals surface area (Å²) in [5.74, 6) is 0.961. The molecule has 0 saturated carbocycles. The normalized spacial score (nSPS) is 17.1. The number of amides is 3. The Balaban J connectivity index is 1.94. The van der Waals surface area contributed by atoms with Gasteiger partial charge in [0.15, 0.2) is 0 Å². The van der Waals surface area contributed by atoms with Crippen molar-refractivity contribution in [2.75, 3.05) is 5.32 Å². The van der Waals surface area contributed by atoms with Crippen molar-refractivity contribution in [1.29, 1.82) is 0 Å². The molecule has 0 unspecified atom stereocenters. The molecule has 130 valence electrons. The molecule has 25 heavy (non-hydrogen) atoms. The zero-order chi connectivity index (χ0) is 18.1. The largest absolute Gasteiger partial charge is 0.464 e. The lowest BCUT2D eigenvalue weighted by atomic mass is 9.99. The minimum Gasteiger partial charge on any atom is -0.464 e. The van der Waals surface area contributed by atoms with Gasteiger partial charge in [-0.2, -0.15) is 0 Å². The lowest BCUT2D eigenvalue weighted by Gasteiger charge is -2.27. The number of carbonyl (C=O) groups is 2. The van der Waals surface area contributed by atoms with Gasteiger partial charge in [0.2, 0.25) is 0 Å². The fourth-order valence-corrected chi connectivity index (χ4v) is 2.96. The van der Waals surface area contributed by atoms with Gasteiger partial charge in [0.1, 0.15) is 17.6 Å². The van der Waals surface area contributed by atoms with Gasteiger partial charge in [0.25, 0.3) is 5.91 Å². The number of furan rings is 1. The number of aryl methyl sites for hydroxylation is 3. The Morgan fingerprint density at radius 3 is 2.52 bits per heavy atom. The Morgan fingerprint density at radius 2 is 1.88 bits per heavy atom. The Labute approximate surface area is 146 Å². The topological polar surface area (TPSA) is 83.4 Å². The molecule has 1 aliphatic rings. The van der Waals surface area contributed by atoms with Crippen LogP contribution in [0.1, 0.15) is 35.6 Å². The van der Waals surface area contributed by atoms with Crippen LogP contribution in [0.4, 0.5) is 10.5 Å². The summed E-state index contributed by atoms with van der Waals surface area (Å²) in [5.41, 5.74) is 3.77. The van der Waals surface area contributed by atoms with Crippen molar-refractivity contribution in [2.45, 2.75) is 33.7 Å². The number of benzene rings is 1. The Bertz CT molecular complexity index is 880. The average Bonchev–Trinajstić information content (AvgIpc) is 2.95. The third kappa shape index (κ3) is 3.42. The molecular formula is C19H21N3O3. The molecule has 3 amide bonds. The molecule has 0 spiro atoms. The summed E-state index contributed by atoms with van der Waals surface area (Å²) in [6, 6.07) is 8.40. The van der Waals surface area contributed by atoms with Crippen molar-refractivity contribution in [3.05, 3.63) is 64.2 Å². The Hall–Kier alpha value is -3.02. The molecule has 2 heterocycles. The summed E-state index contributed by atoms with van der Waals surface area (Å²) in [5, 5.41) is 8.34. The van der Waals surface area contributed by atoms with Crippen molar-refractivity contribution < 1.29 is 14.0 Å². The number of rotatable bonds is 3. The number of urea groups is 1. The van der Waals surface area contributed by atoms with Crippen molar-refractivity contribution in [3.63, 3.8) is 0 Å². The third-order valence-electron chi connectivity index (χ3n) is 4.19. The van der Waals surface area contributed by atoms with Crippen LogP contribution in [-0.4, -0.2) is 11.9 Å². The summed E-state index contributed by atoms with van der Waals surface area (Å²) in [6.07, 6.45) is 0. The molecule has 0 fully saturated rings. The monoisotopic (exact) mass is 339 g/mol. The van der Waals surface area contributed by atoms with E-state index in [1.807, 2.05) is 39.0 Å². The number of allylic oxidation sites excluding steroid dienone is 1. The maximum absolute atomic E-state index is 12.9. The molecule has 6 nitrogen and oxygen atoms in total. The molecule has 0 aliphatic carbocycles. The fraction of sp³-hybridized carbons (Fsp3) is 0.263. The smallest absolute Gasteiger partial charge is 0.319 e. The standard InChI is InChI=1S/C19H21N3O3/c1-10-5-7-14(11(2)9-10)21-18(23)16-13(4)20-19(24)22-17(16)15-8-6-12(3)25-15/h5-9,17H,1-4H3,(H,21,23)(H2,20,22,24)/t17-/m1/s1. The summed E-state index contributed by atoms with van der Waals surface area (Å²) in [7, 11) is 0. The lowest BCUT2D eigenvalue weighted by molar-refractivity contribution is -0.113. The second kappa shape index (κ2) is 6.47. The van der Waals surface area contributed by atoms with Crippen LogP contribution in [0.25, 0.3) is 0 Å². The molecule has 2 aromatic rings. The molecule has 0 saturated heterocycles. The highest BCUT2D eigenvalue weighted by Crippen LogP contribution is 2.29. The number of nitrogens with one attached hydrogen (secondary N) is 3. The highest BCUT2D eigenvalue weighted by Gasteiger charge is 2.33. The van der Waals surface area contributed by atoms with Crippen LogP contribution >= 0.6 is 0 Å². The van der Waals surface area contributed by atoms with Gasteiger partial charge in [-0.1, -0.05) is 17.7 Å². The number of hydrogen-bond acceptors (Lipinski definition) is 3. The quantitative estimate of drug-likeness (QED) is 0.800. The second-order valence-electron chi connectivity index (χ2n) is 6.29. The van der Waals surface area contributed by atoms with Gasteiger partial charge >= 0.3 is 6.03 Å². The van der Waals surface area contributed by atoms with Crippen molar-refractivity contribution in [3.8, 4) is 0 Å². The van der Waals surface area contributed by atoms with E-state index in [4.69, 9.17) is 4.42 Å². The first-order chi connectivity index (χ1) is 11.8. The van der Waals surface area contributed by atoms with Gasteiger partial charge in [0, 0.05) is 11.4 Å². The van der Waals surface area contributed by atoms with Crippen LogP contribution in [0.2, 0.25) is 0 Å². The molecule has 1 aromatic heterocycles. The van der Waals surface area contributed by atoms with Crippen LogP contribution in [0.15, 0.2) is 46.0 Å². The van der Waals surface area contributed by atoms with Crippen LogP contribution in [0.5, 0.6) is 0 Å². The first kappa shape index (κ1) is 16.8.